The van der Waals surface area contributed by atoms with Gasteiger partial charge in [0.15, 0.2) is 0 Å². The molecule has 0 saturated heterocycles. The standard InChI is InChI=1S/C19H24O2/c1-4-21-18-7-5-6-16(12-18)13-19(3,14-20)17-10-8-15(2)9-11-17/h5-12,20H,4,13-14H2,1-3H3. The highest BCUT2D eigenvalue weighted by molar-refractivity contribution is 5.34. The molecule has 0 heterocycles. The molecule has 0 saturated carbocycles. The van der Waals surface area contributed by atoms with Gasteiger partial charge < -0.3 is 9.84 Å². The molecule has 1 unspecified atom stereocenters. The van der Waals surface area contributed by atoms with Gasteiger partial charge in [0.2, 0.25) is 0 Å². The molecule has 1 atom stereocenters. The minimum absolute atomic E-state index is 0.120. The number of benzene rings is 2. The minimum Gasteiger partial charge on any atom is -0.494 e. The van der Waals surface area contributed by atoms with Gasteiger partial charge in [0.1, 0.15) is 5.75 Å². The number of aliphatic hydroxyl groups is 1. The predicted molar refractivity (Wildman–Crippen MR) is 86.9 cm³/mol. The summed E-state index contributed by atoms with van der Waals surface area (Å²) in [5.41, 5.74) is 3.30. The number of aliphatic hydroxyl groups excluding tert-OH is 1. The summed E-state index contributed by atoms with van der Waals surface area (Å²) in [6.07, 6.45) is 0.785. The summed E-state index contributed by atoms with van der Waals surface area (Å²) < 4.78 is 5.55. The van der Waals surface area contributed by atoms with Crippen LogP contribution in [0.3, 0.4) is 0 Å². The van der Waals surface area contributed by atoms with E-state index < -0.39 is 0 Å². The van der Waals surface area contributed by atoms with Crippen LogP contribution in [-0.2, 0) is 11.8 Å². The van der Waals surface area contributed by atoms with Crippen molar-refractivity contribution in [2.45, 2.75) is 32.6 Å². The molecule has 0 bridgehead atoms. The summed E-state index contributed by atoms with van der Waals surface area (Å²) in [6, 6.07) is 16.5. The molecular formula is C19H24O2. The molecule has 2 aromatic carbocycles. The van der Waals surface area contributed by atoms with Crippen LogP contribution in [-0.4, -0.2) is 18.3 Å². The van der Waals surface area contributed by atoms with Crippen LogP contribution in [0.1, 0.15) is 30.5 Å². The molecule has 21 heavy (non-hydrogen) atoms. The Labute approximate surface area is 127 Å². The van der Waals surface area contributed by atoms with E-state index in [-0.39, 0.29) is 12.0 Å². The van der Waals surface area contributed by atoms with Crippen LogP contribution >= 0.6 is 0 Å². The Morgan fingerprint density at radius 1 is 1.10 bits per heavy atom. The van der Waals surface area contributed by atoms with Gasteiger partial charge in [-0.15, -0.1) is 0 Å². The third kappa shape index (κ3) is 3.85. The van der Waals surface area contributed by atoms with Gasteiger partial charge in [-0.25, -0.2) is 0 Å². The Morgan fingerprint density at radius 3 is 2.43 bits per heavy atom. The van der Waals surface area contributed by atoms with Crippen LogP contribution in [0.2, 0.25) is 0 Å². The minimum atomic E-state index is -0.279. The molecular weight excluding hydrogens is 260 g/mol. The van der Waals surface area contributed by atoms with E-state index in [9.17, 15) is 5.11 Å². The van der Waals surface area contributed by atoms with Crippen LogP contribution in [0.15, 0.2) is 48.5 Å². The van der Waals surface area contributed by atoms with E-state index in [2.05, 4.69) is 50.2 Å². The average Bonchev–Trinajstić information content (AvgIpc) is 2.48. The van der Waals surface area contributed by atoms with E-state index in [0.717, 1.165) is 17.7 Å². The molecule has 2 nitrogen and oxygen atoms in total. The number of rotatable bonds is 6. The largest absolute Gasteiger partial charge is 0.494 e. The van der Waals surface area contributed by atoms with Crippen molar-refractivity contribution in [3.63, 3.8) is 0 Å². The second-order valence-corrected chi connectivity index (χ2v) is 5.84. The Balaban J connectivity index is 2.25. The van der Waals surface area contributed by atoms with E-state index in [1.54, 1.807) is 0 Å². The molecule has 0 fully saturated rings. The number of ether oxygens (including phenoxy) is 1. The highest BCUT2D eigenvalue weighted by Gasteiger charge is 2.26. The zero-order valence-electron chi connectivity index (χ0n) is 13.1. The molecule has 0 amide bonds. The first-order valence-corrected chi connectivity index (χ1v) is 7.47. The summed E-state index contributed by atoms with van der Waals surface area (Å²) in [5, 5.41) is 9.91. The van der Waals surface area contributed by atoms with Gasteiger partial charge in [-0.2, -0.15) is 0 Å². The number of aryl methyl sites for hydroxylation is 1. The maximum atomic E-state index is 9.91. The summed E-state index contributed by atoms with van der Waals surface area (Å²) >= 11 is 0. The highest BCUT2D eigenvalue weighted by atomic mass is 16.5. The lowest BCUT2D eigenvalue weighted by Crippen LogP contribution is -2.29. The van der Waals surface area contributed by atoms with Crippen molar-refractivity contribution in [3.05, 3.63) is 65.2 Å². The molecule has 1 N–H and O–H groups in total. The number of hydrogen-bond acceptors (Lipinski definition) is 2. The van der Waals surface area contributed by atoms with E-state index in [1.165, 1.54) is 11.1 Å². The van der Waals surface area contributed by atoms with Crippen molar-refractivity contribution in [3.8, 4) is 5.75 Å². The Hall–Kier alpha value is -1.80. The monoisotopic (exact) mass is 284 g/mol. The normalized spacial score (nSPS) is 13.7. The average molecular weight is 284 g/mol. The van der Waals surface area contributed by atoms with Gasteiger partial charge in [0, 0.05) is 5.41 Å². The highest BCUT2D eigenvalue weighted by Crippen LogP contribution is 2.29. The van der Waals surface area contributed by atoms with Crippen LogP contribution in [0.5, 0.6) is 5.75 Å². The third-order valence-corrected chi connectivity index (χ3v) is 3.90. The number of hydrogen-bond donors (Lipinski definition) is 1. The first-order chi connectivity index (χ1) is 10.1. The van der Waals surface area contributed by atoms with Gasteiger partial charge >= 0.3 is 0 Å². The van der Waals surface area contributed by atoms with Crippen LogP contribution in [0, 0.1) is 6.92 Å². The fourth-order valence-corrected chi connectivity index (χ4v) is 2.57. The molecule has 0 aromatic heterocycles. The Bertz CT molecular complexity index is 574. The van der Waals surface area contributed by atoms with Crippen molar-refractivity contribution in [2.24, 2.45) is 0 Å². The third-order valence-electron chi connectivity index (χ3n) is 3.90. The molecule has 0 aliphatic carbocycles. The van der Waals surface area contributed by atoms with E-state index >= 15 is 0 Å². The van der Waals surface area contributed by atoms with Crippen molar-refractivity contribution < 1.29 is 9.84 Å². The molecule has 0 radical (unpaired) electrons. The fraction of sp³-hybridized carbons (Fsp3) is 0.368. The summed E-state index contributed by atoms with van der Waals surface area (Å²) in [6.45, 7) is 6.95. The van der Waals surface area contributed by atoms with Gasteiger partial charge in [0.25, 0.3) is 0 Å². The van der Waals surface area contributed by atoms with Crippen molar-refractivity contribution >= 4 is 0 Å². The lowest BCUT2D eigenvalue weighted by atomic mass is 9.78. The lowest BCUT2D eigenvalue weighted by Gasteiger charge is -2.28. The van der Waals surface area contributed by atoms with Gasteiger partial charge in [-0.1, -0.05) is 48.9 Å². The second-order valence-electron chi connectivity index (χ2n) is 5.84. The maximum absolute atomic E-state index is 9.91. The Morgan fingerprint density at radius 2 is 1.81 bits per heavy atom. The molecule has 2 rings (SSSR count). The summed E-state index contributed by atoms with van der Waals surface area (Å²) in [7, 11) is 0. The molecule has 112 valence electrons. The topological polar surface area (TPSA) is 29.5 Å². The zero-order valence-corrected chi connectivity index (χ0v) is 13.1. The summed E-state index contributed by atoms with van der Waals surface area (Å²) in [4.78, 5) is 0. The first-order valence-electron chi connectivity index (χ1n) is 7.47. The van der Waals surface area contributed by atoms with Crippen molar-refractivity contribution in [1.82, 2.24) is 0 Å². The SMILES string of the molecule is CCOc1cccc(CC(C)(CO)c2ccc(C)cc2)c1. The molecule has 2 heteroatoms. The van der Waals surface area contributed by atoms with Gasteiger partial charge in [-0.3, -0.25) is 0 Å². The first kappa shape index (κ1) is 15.6. The van der Waals surface area contributed by atoms with Crippen molar-refractivity contribution in [1.29, 1.82) is 0 Å². The smallest absolute Gasteiger partial charge is 0.119 e. The molecule has 0 aliphatic rings. The summed E-state index contributed by atoms with van der Waals surface area (Å²) in [5.74, 6) is 0.888. The van der Waals surface area contributed by atoms with Crippen LogP contribution < -0.4 is 4.74 Å². The maximum Gasteiger partial charge on any atom is 0.119 e. The van der Waals surface area contributed by atoms with Gasteiger partial charge in [-0.05, 0) is 43.5 Å². The lowest BCUT2D eigenvalue weighted by molar-refractivity contribution is 0.204. The molecule has 2 aromatic rings. The zero-order chi connectivity index (χ0) is 15.3. The second kappa shape index (κ2) is 6.77. The van der Waals surface area contributed by atoms with Gasteiger partial charge in [0.05, 0.1) is 13.2 Å². The predicted octanol–water partition coefficient (Wildman–Crippen LogP) is 3.89. The van der Waals surface area contributed by atoms with Crippen LogP contribution in [0.25, 0.3) is 0 Å². The van der Waals surface area contributed by atoms with Crippen molar-refractivity contribution in [2.75, 3.05) is 13.2 Å². The van der Waals surface area contributed by atoms with Crippen LogP contribution in [0.4, 0.5) is 0 Å². The molecule has 0 spiro atoms. The van der Waals surface area contributed by atoms with E-state index in [4.69, 9.17) is 4.74 Å². The van der Waals surface area contributed by atoms with E-state index in [1.807, 2.05) is 19.1 Å². The fourth-order valence-electron chi connectivity index (χ4n) is 2.57. The quantitative estimate of drug-likeness (QED) is 0.872. The Kier molecular flexibility index (Phi) is 5.03. The van der Waals surface area contributed by atoms with E-state index in [0.29, 0.717) is 6.61 Å². The molecule has 0 aliphatic heterocycles.